The molecule has 172 valence electrons. The van der Waals surface area contributed by atoms with Crippen LogP contribution in [0.2, 0.25) is 0 Å². The van der Waals surface area contributed by atoms with Crippen LogP contribution in [0.4, 0.5) is 0 Å². The molecule has 0 saturated heterocycles. The van der Waals surface area contributed by atoms with Crippen LogP contribution in [-0.4, -0.2) is 14.2 Å². The van der Waals surface area contributed by atoms with Gasteiger partial charge in [0.25, 0.3) is 0 Å². The topological polar surface area (TPSA) is 18.5 Å². The minimum absolute atomic E-state index is 0. The second-order valence-corrected chi connectivity index (χ2v) is 7.63. The number of hydrogen-bond donors (Lipinski definition) is 0. The van der Waals surface area contributed by atoms with Crippen molar-refractivity contribution in [3.8, 4) is 11.5 Å². The monoisotopic (exact) mass is 476 g/mol. The van der Waals surface area contributed by atoms with Gasteiger partial charge < -0.3 is 9.47 Å². The van der Waals surface area contributed by atoms with E-state index in [0.717, 1.165) is 11.5 Å². The molecular weight excluding hydrogens is 440 g/mol. The Balaban J connectivity index is 0.000000410. The molecule has 4 rings (SSSR count). The Morgan fingerprint density at radius 3 is 1.09 bits per heavy atom. The zero-order valence-corrected chi connectivity index (χ0v) is 22.3. The molecule has 0 N–H and O–H groups in total. The Kier molecular flexibility index (Phi) is 17.5. The Morgan fingerprint density at radius 1 is 0.606 bits per heavy atom. The van der Waals surface area contributed by atoms with Crippen LogP contribution in [0.3, 0.4) is 0 Å². The molecule has 0 spiro atoms. The van der Waals surface area contributed by atoms with Gasteiger partial charge in [-0.25, -0.2) is 24.3 Å². The van der Waals surface area contributed by atoms with Gasteiger partial charge in [-0.05, 0) is 0 Å². The van der Waals surface area contributed by atoms with Crippen molar-refractivity contribution in [2.45, 2.75) is 39.5 Å². The summed E-state index contributed by atoms with van der Waals surface area (Å²) >= 11 is 0. The van der Waals surface area contributed by atoms with Crippen LogP contribution in [0.5, 0.6) is 11.5 Å². The summed E-state index contributed by atoms with van der Waals surface area (Å²) in [5.74, 6) is 3.08. The van der Waals surface area contributed by atoms with Crippen molar-refractivity contribution in [3.05, 3.63) is 120 Å². The van der Waals surface area contributed by atoms with Crippen molar-refractivity contribution >= 4 is 0 Å². The van der Waals surface area contributed by atoms with Gasteiger partial charge >= 0.3 is 21.7 Å². The number of methoxy groups -OCH3 is 2. The SMILES string of the molecule is CC(C)[c-]1cccc1.CC(C)[c-]1cccc1.COc1c[c-]ccc1.COc1c[c-]ccc1.[Ti+4]. The van der Waals surface area contributed by atoms with E-state index in [2.05, 4.69) is 88.4 Å². The fourth-order valence-electron chi connectivity index (χ4n) is 2.56. The summed E-state index contributed by atoms with van der Waals surface area (Å²) in [6.07, 6.45) is 0. The number of hydrogen-bond acceptors (Lipinski definition) is 2. The molecule has 0 aliphatic heterocycles. The molecule has 0 aliphatic rings. The van der Waals surface area contributed by atoms with E-state index in [1.165, 1.54) is 11.1 Å². The summed E-state index contributed by atoms with van der Waals surface area (Å²) < 4.78 is 9.77. The zero-order chi connectivity index (χ0) is 23.6. The van der Waals surface area contributed by atoms with E-state index in [-0.39, 0.29) is 21.7 Å². The second kappa shape index (κ2) is 19.0. The van der Waals surface area contributed by atoms with Gasteiger partial charge in [-0.2, -0.15) is 71.8 Å². The summed E-state index contributed by atoms with van der Waals surface area (Å²) in [6.45, 7) is 8.81. The van der Waals surface area contributed by atoms with Crippen LogP contribution >= 0.6 is 0 Å². The van der Waals surface area contributed by atoms with Crippen LogP contribution in [0, 0.1) is 12.1 Å². The summed E-state index contributed by atoms with van der Waals surface area (Å²) in [7, 11) is 3.28. The van der Waals surface area contributed by atoms with Gasteiger partial charge in [-0.3, -0.25) is 0 Å². The van der Waals surface area contributed by atoms with Gasteiger partial charge in [0.15, 0.2) is 0 Å². The van der Waals surface area contributed by atoms with E-state index in [1.54, 1.807) is 26.4 Å². The van der Waals surface area contributed by atoms with Crippen LogP contribution in [0.15, 0.2) is 97.1 Å². The van der Waals surface area contributed by atoms with Crippen molar-refractivity contribution in [2.75, 3.05) is 14.2 Å². The molecule has 0 radical (unpaired) electrons. The van der Waals surface area contributed by atoms with Crippen LogP contribution in [0.1, 0.15) is 50.7 Å². The molecule has 0 aromatic heterocycles. The minimum Gasteiger partial charge on any atom is -0.554 e. The number of rotatable bonds is 4. The molecule has 0 unspecified atom stereocenters. The van der Waals surface area contributed by atoms with E-state index < -0.39 is 0 Å². The normalized spacial score (nSPS) is 9.21. The molecule has 0 atom stereocenters. The Morgan fingerprint density at radius 2 is 0.939 bits per heavy atom. The number of ether oxygens (including phenoxy) is 2. The predicted molar refractivity (Wildman–Crippen MR) is 136 cm³/mol. The Hall–Kier alpha value is -2.55. The summed E-state index contributed by atoms with van der Waals surface area (Å²) in [5.41, 5.74) is 2.87. The van der Waals surface area contributed by atoms with E-state index in [0.29, 0.717) is 11.8 Å². The average Bonchev–Trinajstić information content (AvgIpc) is 3.56. The smallest absolute Gasteiger partial charge is 0.554 e. The predicted octanol–water partition coefficient (Wildman–Crippen LogP) is 8.05. The molecule has 2 nitrogen and oxygen atoms in total. The van der Waals surface area contributed by atoms with E-state index in [1.807, 2.05) is 36.4 Å². The standard InChI is InChI=1S/2C8H11.2C7H7O.Ti/c2*1-7(2)8-5-3-4-6-8;2*1-8-7-5-3-2-4-6-7;/h2*3-7H,1-2H3;2*2-3,5-6H,1H3;/q4*-1;+4. The van der Waals surface area contributed by atoms with Crippen molar-refractivity contribution in [2.24, 2.45) is 0 Å². The first-order chi connectivity index (χ1) is 15.5. The van der Waals surface area contributed by atoms with Crippen molar-refractivity contribution in [1.29, 1.82) is 0 Å². The van der Waals surface area contributed by atoms with E-state index in [4.69, 9.17) is 9.47 Å². The van der Waals surface area contributed by atoms with Crippen molar-refractivity contribution in [3.63, 3.8) is 0 Å². The maximum Gasteiger partial charge on any atom is 4.00 e. The summed E-state index contributed by atoms with van der Waals surface area (Å²) in [4.78, 5) is 0. The molecule has 4 aromatic rings. The van der Waals surface area contributed by atoms with Gasteiger partial charge in [-0.15, -0.1) is 24.3 Å². The molecule has 0 fully saturated rings. The first-order valence-corrected chi connectivity index (χ1v) is 10.9. The third-order valence-corrected chi connectivity index (χ3v) is 4.54. The second-order valence-electron chi connectivity index (χ2n) is 7.63. The molecule has 0 saturated carbocycles. The summed E-state index contributed by atoms with van der Waals surface area (Å²) in [5, 5.41) is 0. The van der Waals surface area contributed by atoms with Gasteiger partial charge in [0.1, 0.15) is 0 Å². The quantitative estimate of drug-likeness (QED) is 0.219. The third-order valence-electron chi connectivity index (χ3n) is 4.54. The van der Waals surface area contributed by atoms with Gasteiger partial charge in [-0.1, -0.05) is 39.5 Å². The van der Waals surface area contributed by atoms with E-state index in [9.17, 15) is 0 Å². The minimum atomic E-state index is 0. The number of benzene rings is 2. The van der Waals surface area contributed by atoms with Crippen LogP contribution in [0.25, 0.3) is 0 Å². The van der Waals surface area contributed by atoms with Gasteiger partial charge in [0.05, 0.1) is 14.2 Å². The largest absolute Gasteiger partial charge is 4.00 e. The maximum absolute atomic E-state index is 4.88. The molecule has 3 heteroatoms. The molecule has 4 aromatic carbocycles. The van der Waals surface area contributed by atoms with E-state index >= 15 is 0 Å². The average molecular weight is 476 g/mol. The zero-order valence-electron chi connectivity index (χ0n) is 20.7. The fourth-order valence-corrected chi connectivity index (χ4v) is 2.56. The fraction of sp³-hybridized carbons (Fsp3) is 0.267. The Labute approximate surface area is 216 Å². The van der Waals surface area contributed by atoms with Crippen molar-refractivity contribution < 1.29 is 31.2 Å². The first-order valence-electron chi connectivity index (χ1n) is 10.9. The first kappa shape index (κ1) is 30.5. The van der Waals surface area contributed by atoms with Crippen LogP contribution in [-0.2, 0) is 21.7 Å². The van der Waals surface area contributed by atoms with Crippen LogP contribution < -0.4 is 9.47 Å². The molecule has 0 bridgehead atoms. The molecular formula is C30H36O2Ti. The maximum atomic E-state index is 4.88. The molecule has 0 amide bonds. The molecule has 0 heterocycles. The summed E-state index contributed by atoms with van der Waals surface area (Å²) in [6, 6.07) is 37.5. The van der Waals surface area contributed by atoms with Crippen molar-refractivity contribution in [1.82, 2.24) is 0 Å². The Bertz CT molecular complexity index is 803. The van der Waals surface area contributed by atoms with Gasteiger partial charge in [0.2, 0.25) is 0 Å². The molecule has 33 heavy (non-hydrogen) atoms. The van der Waals surface area contributed by atoms with Gasteiger partial charge in [0, 0.05) is 11.5 Å². The molecule has 0 aliphatic carbocycles. The third kappa shape index (κ3) is 14.3.